The van der Waals surface area contributed by atoms with Crippen LogP contribution in [0.15, 0.2) is 42.6 Å². The van der Waals surface area contributed by atoms with E-state index in [0.29, 0.717) is 6.42 Å². The minimum Gasteiger partial charge on any atom is -0.389 e. The summed E-state index contributed by atoms with van der Waals surface area (Å²) in [6.07, 6.45) is 4.06. The average molecular weight is 271 g/mol. The van der Waals surface area contributed by atoms with Gasteiger partial charge in [-0.3, -0.25) is 4.98 Å². The zero-order valence-corrected chi connectivity index (χ0v) is 11.5. The molecule has 3 rings (SSSR count). The van der Waals surface area contributed by atoms with Gasteiger partial charge in [0.25, 0.3) is 0 Å². The molecule has 0 bridgehead atoms. The summed E-state index contributed by atoms with van der Waals surface area (Å²) in [5, 5.41) is 10.8. The quantitative estimate of drug-likeness (QED) is 0.929. The van der Waals surface area contributed by atoms with Crippen LogP contribution in [0, 0.1) is 5.82 Å². The Hall–Kier alpha value is -1.74. The van der Waals surface area contributed by atoms with Crippen molar-refractivity contribution in [2.45, 2.75) is 37.7 Å². The Kier molecular flexibility index (Phi) is 3.30. The maximum atomic E-state index is 13.3. The van der Waals surface area contributed by atoms with Crippen LogP contribution in [-0.4, -0.2) is 15.7 Å². The molecule has 0 amide bonds. The number of hydrogen-bond acceptors (Lipinski definition) is 2. The smallest absolute Gasteiger partial charge is 0.123 e. The van der Waals surface area contributed by atoms with E-state index in [4.69, 9.17) is 0 Å². The summed E-state index contributed by atoms with van der Waals surface area (Å²) in [4.78, 5) is 4.43. The predicted octanol–water partition coefficient (Wildman–Crippen LogP) is 3.24. The monoisotopic (exact) mass is 271 g/mol. The fourth-order valence-corrected chi connectivity index (χ4v) is 3.20. The Labute approximate surface area is 118 Å². The van der Waals surface area contributed by atoms with Crippen molar-refractivity contribution in [1.29, 1.82) is 0 Å². The topological polar surface area (TPSA) is 33.1 Å². The van der Waals surface area contributed by atoms with E-state index in [0.717, 1.165) is 24.1 Å². The molecule has 0 fully saturated rings. The highest BCUT2D eigenvalue weighted by molar-refractivity contribution is 5.32. The van der Waals surface area contributed by atoms with Gasteiger partial charge < -0.3 is 5.11 Å². The zero-order chi connectivity index (χ0) is 14.2. The molecule has 3 heteroatoms. The molecular weight excluding hydrogens is 253 g/mol. The molecule has 2 nitrogen and oxygen atoms in total. The molecule has 2 atom stereocenters. The molecule has 0 spiro atoms. The van der Waals surface area contributed by atoms with Crippen molar-refractivity contribution in [3.8, 4) is 0 Å². The number of fused-ring (bicyclic) bond motifs is 1. The van der Waals surface area contributed by atoms with Gasteiger partial charge in [0, 0.05) is 24.2 Å². The molecule has 1 aromatic heterocycles. The van der Waals surface area contributed by atoms with E-state index in [1.807, 2.05) is 19.1 Å². The van der Waals surface area contributed by atoms with Gasteiger partial charge in [0.05, 0.1) is 5.60 Å². The van der Waals surface area contributed by atoms with Crippen LogP contribution in [0.4, 0.5) is 4.39 Å². The van der Waals surface area contributed by atoms with Gasteiger partial charge in [0.2, 0.25) is 0 Å². The minimum atomic E-state index is -0.909. The lowest BCUT2D eigenvalue weighted by Crippen LogP contribution is -2.34. The fourth-order valence-electron chi connectivity index (χ4n) is 3.20. The number of aryl methyl sites for hydroxylation is 1. The third-order valence-corrected chi connectivity index (χ3v) is 4.16. The second-order valence-corrected chi connectivity index (χ2v) is 5.80. The highest BCUT2D eigenvalue weighted by atomic mass is 19.1. The summed E-state index contributed by atoms with van der Waals surface area (Å²) in [6.45, 7) is 1.83. The zero-order valence-electron chi connectivity index (χ0n) is 11.5. The number of halogens is 1. The number of nitrogens with zero attached hydrogens (tertiary/aromatic N) is 1. The highest BCUT2D eigenvalue weighted by Gasteiger charge is 2.38. The maximum Gasteiger partial charge on any atom is 0.123 e. The first-order valence-electron chi connectivity index (χ1n) is 6.97. The van der Waals surface area contributed by atoms with Crippen LogP contribution in [0.2, 0.25) is 0 Å². The molecule has 0 radical (unpaired) electrons. The second-order valence-electron chi connectivity index (χ2n) is 5.80. The van der Waals surface area contributed by atoms with Crippen molar-refractivity contribution in [2.75, 3.05) is 0 Å². The third kappa shape index (κ3) is 2.46. The van der Waals surface area contributed by atoms with Crippen molar-refractivity contribution in [3.63, 3.8) is 0 Å². The average Bonchev–Trinajstić information content (AvgIpc) is 2.82. The van der Waals surface area contributed by atoms with E-state index in [1.165, 1.54) is 17.7 Å². The molecule has 1 aromatic carbocycles. The Balaban J connectivity index is 1.86. The first kappa shape index (κ1) is 13.3. The number of aliphatic hydroxyl groups is 1. The normalized spacial score (nSPS) is 20.4. The van der Waals surface area contributed by atoms with Crippen LogP contribution in [0.3, 0.4) is 0 Å². The van der Waals surface area contributed by atoms with Gasteiger partial charge in [-0.05, 0) is 49.1 Å². The van der Waals surface area contributed by atoms with Gasteiger partial charge in [-0.15, -0.1) is 0 Å². The Bertz CT molecular complexity index is 624. The Morgan fingerprint density at radius 1 is 1.35 bits per heavy atom. The molecule has 0 saturated heterocycles. The molecule has 104 valence electrons. The van der Waals surface area contributed by atoms with Crippen molar-refractivity contribution in [3.05, 3.63) is 65.2 Å². The van der Waals surface area contributed by atoms with Crippen LogP contribution in [0.1, 0.15) is 36.1 Å². The summed E-state index contributed by atoms with van der Waals surface area (Å²) in [5.74, 6) is -0.245. The molecule has 2 aromatic rings. The van der Waals surface area contributed by atoms with Crippen LogP contribution < -0.4 is 0 Å². The summed E-state index contributed by atoms with van der Waals surface area (Å²) in [6, 6.07) is 10.4. The SMILES string of the molecule is CC(O)(Cc1cccc(F)c1)C1CCc2cccnc21. The Morgan fingerprint density at radius 2 is 2.20 bits per heavy atom. The summed E-state index contributed by atoms with van der Waals surface area (Å²) < 4.78 is 13.3. The number of hydrogen-bond donors (Lipinski definition) is 1. The first-order chi connectivity index (χ1) is 9.56. The molecule has 0 saturated carbocycles. The first-order valence-corrected chi connectivity index (χ1v) is 6.97. The van der Waals surface area contributed by atoms with Crippen molar-refractivity contribution >= 4 is 0 Å². The standard InChI is InChI=1S/C17H18FNO/c1-17(20,11-12-4-2-6-14(18)10-12)15-8-7-13-5-3-9-19-16(13)15/h2-6,9-10,15,20H,7-8,11H2,1H3. The Morgan fingerprint density at radius 3 is 3.00 bits per heavy atom. The molecule has 0 aliphatic heterocycles. The van der Waals surface area contributed by atoms with E-state index in [9.17, 15) is 9.50 Å². The number of benzene rings is 1. The maximum absolute atomic E-state index is 13.3. The van der Waals surface area contributed by atoms with Crippen LogP contribution in [0.5, 0.6) is 0 Å². The summed E-state index contributed by atoms with van der Waals surface area (Å²) in [7, 11) is 0. The van der Waals surface area contributed by atoms with E-state index in [1.54, 1.807) is 12.3 Å². The lowest BCUT2D eigenvalue weighted by Gasteiger charge is -2.30. The van der Waals surface area contributed by atoms with Gasteiger partial charge in [-0.25, -0.2) is 4.39 Å². The van der Waals surface area contributed by atoms with Gasteiger partial charge in [0.1, 0.15) is 5.82 Å². The molecular formula is C17H18FNO. The molecule has 2 unspecified atom stereocenters. The molecule has 1 aliphatic rings. The van der Waals surface area contributed by atoms with E-state index in [-0.39, 0.29) is 11.7 Å². The van der Waals surface area contributed by atoms with Gasteiger partial charge in [0.15, 0.2) is 0 Å². The van der Waals surface area contributed by atoms with Crippen LogP contribution >= 0.6 is 0 Å². The van der Waals surface area contributed by atoms with E-state index in [2.05, 4.69) is 11.1 Å². The fraction of sp³-hybridized carbons (Fsp3) is 0.353. The summed E-state index contributed by atoms with van der Waals surface area (Å²) in [5.41, 5.74) is 2.12. The third-order valence-electron chi connectivity index (χ3n) is 4.16. The molecule has 1 N–H and O–H groups in total. The van der Waals surface area contributed by atoms with E-state index >= 15 is 0 Å². The lowest BCUT2D eigenvalue weighted by atomic mass is 9.82. The molecule has 20 heavy (non-hydrogen) atoms. The van der Waals surface area contributed by atoms with Crippen molar-refractivity contribution in [2.24, 2.45) is 0 Å². The molecule has 1 heterocycles. The minimum absolute atomic E-state index is 0.0157. The van der Waals surface area contributed by atoms with Crippen LogP contribution in [0.25, 0.3) is 0 Å². The van der Waals surface area contributed by atoms with Gasteiger partial charge in [-0.2, -0.15) is 0 Å². The number of rotatable bonds is 3. The van der Waals surface area contributed by atoms with Gasteiger partial charge in [-0.1, -0.05) is 18.2 Å². The molecule has 1 aliphatic carbocycles. The van der Waals surface area contributed by atoms with Crippen molar-refractivity contribution in [1.82, 2.24) is 4.98 Å². The summed E-state index contributed by atoms with van der Waals surface area (Å²) >= 11 is 0. The number of aromatic nitrogens is 1. The van der Waals surface area contributed by atoms with Crippen molar-refractivity contribution < 1.29 is 9.50 Å². The van der Waals surface area contributed by atoms with Gasteiger partial charge >= 0.3 is 0 Å². The highest BCUT2D eigenvalue weighted by Crippen LogP contribution is 2.40. The largest absolute Gasteiger partial charge is 0.389 e. The lowest BCUT2D eigenvalue weighted by molar-refractivity contribution is 0.0299. The predicted molar refractivity (Wildman–Crippen MR) is 76.0 cm³/mol. The van der Waals surface area contributed by atoms with Crippen LogP contribution in [-0.2, 0) is 12.8 Å². The van der Waals surface area contributed by atoms with E-state index < -0.39 is 5.60 Å². The second kappa shape index (κ2) is 4.98. The number of pyridine rings is 1.